The minimum absolute atomic E-state index is 0.153. The highest BCUT2D eigenvalue weighted by Crippen LogP contribution is 2.36. The summed E-state index contributed by atoms with van der Waals surface area (Å²) in [5, 5.41) is 4.91. The topological polar surface area (TPSA) is 12.0 Å². The van der Waals surface area contributed by atoms with Crippen molar-refractivity contribution in [2.24, 2.45) is 0 Å². The summed E-state index contributed by atoms with van der Waals surface area (Å²) in [6.45, 7) is 4.36. The Bertz CT molecular complexity index is 357. The first-order chi connectivity index (χ1) is 7.12. The Labute approximate surface area is 101 Å². The van der Waals surface area contributed by atoms with Gasteiger partial charge < -0.3 is 5.32 Å². The molecule has 1 heterocycles. The lowest BCUT2D eigenvalue weighted by molar-refractivity contribution is 0.340. The van der Waals surface area contributed by atoms with Gasteiger partial charge in [0.1, 0.15) is 0 Å². The summed E-state index contributed by atoms with van der Waals surface area (Å²) in [5.74, 6) is 0. The zero-order valence-corrected chi connectivity index (χ0v) is 10.3. The van der Waals surface area contributed by atoms with Crippen LogP contribution in [-0.4, -0.2) is 13.1 Å². The average molecular weight is 244 g/mol. The van der Waals surface area contributed by atoms with Gasteiger partial charge in [-0.1, -0.05) is 36.2 Å². The molecule has 1 nitrogen and oxygen atoms in total. The van der Waals surface area contributed by atoms with Gasteiger partial charge in [-0.15, -0.1) is 0 Å². The van der Waals surface area contributed by atoms with Crippen LogP contribution >= 0.6 is 23.2 Å². The molecule has 3 heteroatoms. The number of hydrogen-bond acceptors (Lipinski definition) is 1. The standard InChI is InChI=1S/C12H15Cl2N/c1-12(5-2-6-15-8-12)10-4-3-9(13)7-11(10)14/h3-4,7,15H,2,5-6,8H2,1H3. The monoisotopic (exact) mass is 243 g/mol. The molecule has 15 heavy (non-hydrogen) atoms. The molecule has 1 aliphatic heterocycles. The molecule has 0 radical (unpaired) electrons. The van der Waals surface area contributed by atoms with E-state index in [9.17, 15) is 0 Å². The SMILES string of the molecule is CC1(c2ccc(Cl)cc2Cl)CCCNC1. The number of rotatable bonds is 1. The van der Waals surface area contributed by atoms with Crippen molar-refractivity contribution in [3.8, 4) is 0 Å². The third-order valence-electron chi connectivity index (χ3n) is 3.18. The van der Waals surface area contributed by atoms with Gasteiger partial charge in [0.25, 0.3) is 0 Å². The maximum Gasteiger partial charge on any atom is 0.0458 e. The Morgan fingerprint density at radius 1 is 1.33 bits per heavy atom. The van der Waals surface area contributed by atoms with Crippen molar-refractivity contribution in [1.82, 2.24) is 5.32 Å². The van der Waals surface area contributed by atoms with E-state index in [1.165, 1.54) is 18.4 Å². The summed E-state index contributed by atoms with van der Waals surface area (Å²) < 4.78 is 0. The zero-order chi connectivity index (χ0) is 10.9. The largest absolute Gasteiger partial charge is 0.316 e. The number of halogens is 2. The highest BCUT2D eigenvalue weighted by atomic mass is 35.5. The first kappa shape index (κ1) is 11.3. The third-order valence-corrected chi connectivity index (χ3v) is 3.73. The highest BCUT2D eigenvalue weighted by Gasteiger charge is 2.30. The molecule has 1 aliphatic rings. The van der Waals surface area contributed by atoms with Crippen LogP contribution in [0.2, 0.25) is 10.0 Å². The Hall–Kier alpha value is -0.240. The van der Waals surface area contributed by atoms with Crippen LogP contribution in [0.5, 0.6) is 0 Å². The van der Waals surface area contributed by atoms with E-state index in [2.05, 4.69) is 18.3 Å². The Morgan fingerprint density at radius 3 is 2.73 bits per heavy atom. The summed E-state index contributed by atoms with van der Waals surface area (Å²) in [7, 11) is 0. The summed E-state index contributed by atoms with van der Waals surface area (Å²) >= 11 is 12.1. The van der Waals surface area contributed by atoms with Gasteiger partial charge in [0.05, 0.1) is 0 Å². The van der Waals surface area contributed by atoms with Gasteiger partial charge >= 0.3 is 0 Å². The number of piperidine rings is 1. The molecule has 1 fully saturated rings. The lowest BCUT2D eigenvalue weighted by atomic mass is 9.76. The van der Waals surface area contributed by atoms with Crippen LogP contribution in [0.1, 0.15) is 25.3 Å². The summed E-state index contributed by atoms with van der Waals surface area (Å²) in [6, 6.07) is 5.80. The van der Waals surface area contributed by atoms with Crippen LogP contribution in [0, 0.1) is 0 Å². The van der Waals surface area contributed by atoms with E-state index in [0.717, 1.165) is 18.1 Å². The molecule has 0 aromatic heterocycles. The van der Waals surface area contributed by atoms with E-state index < -0.39 is 0 Å². The minimum Gasteiger partial charge on any atom is -0.316 e. The Morgan fingerprint density at radius 2 is 2.13 bits per heavy atom. The predicted octanol–water partition coefficient (Wildman–Crippen LogP) is 3.63. The lowest BCUT2D eigenvalue weighted by Gasteiger charge is -2.35. The second-order valence-corrected chi connectivity index (χ2v) is 5.31. The van der Waals surface area contributed by atoms with Gasteiger partial charge in [-0.05, 0) is 37.1 Å². The van der Waals surface area contributed by atoms with Crippen LogP contribution in [0.25, 0.3) is 0 Å². The molecule has 0 saturated carbocycles. The molecule has 0 amide bonds. The predicted molar refractivity (Wildman–Crippen MR) is 65.9 cm³/mol. The van der Waals surface area contributed by atoms with E-state index >= 15 is 0 Å². The van der Waals surface area contributed by atoms with Gasteiger partial charge in [0.2, 0.25) is 0 Å². The maximum absolute atomic E-state index is 6.24. The molecule has 2 rings (SSSR count). The van der Waals surface area contributed by atoms with Crippen molar-refractivity contribution < 1.29 is 0 Å². The lowest BCUT2D eigenvalue weighted by Crippen LogP contribution is -2.41. The summed E-state index contributed by atoms with van der Waals surface area (Å²) in [5.41, 5.74) is 1.36. The second kappa shape index (κ2) is 4.32. The smallest absolute Gasteiger partial charge is 0.0458 e. The molecule has 0 bridgehead atoms. The van der Waals surface area contributed by atoms with E-state index in [1.807, 2.05) is 12.1 Å². The van der Waals surface area contributed by atoms with Gasteiger partial charge in [-0.2, -0.15) is 0 Å². The van der Waals surface area contributed by atoms with Gasteiger partial charge in [0, 0.05) is 22.0 Å². The second-order valence-electron chi connectivity index (χ2n) is 4.47. The highest BCUT2D eigenvalue weighted by molar-refractivity contribution is 6.35. The van der Waals surface area contributed by atoms with Crippen LogP contribution in [0.4, 0.5) is 0 Å². The molecule has 1 atom stereocenters. The van der Waals surface area contributed by atoms with Crippen LogP contribution in [-0.2, 0) is 5.41 Å². The van der Waals surface area contributed by atoms with Crippen molar-refractivity contribution in [2.45, 2.75) is 25.2 Å². The normalized spacial score (nSPS) is 26.6. The van der Waals surface area contributed by atoms with Crippen molar-refractivity contribution >= 4 is 23.2 Å². The van der Waals surface area contributed by atoms with Crippen LogP contribution < -0.4 is 5.32 Å². The molecule has 1 saturated heterocycles. The number of hydrogen-bond donors (Lipinski definition) is 1. The summed E-state index contributed by atoms with van der Waals surface area (Å²) in [4.78, 5) is 0. The number of nitrogens with one attached hydrogen (secondary N) is 1. The van der Waals surface area contributed by atoms with Crippen molar-refractivity contribution in [3.05, 3.63) is 33.8 Å². The van der Waals surface area contributed by atoms with E-state index in [0.29, 0.717) is 5.02 Å². The first-order valence-corrected chi connectivity index (χ1v) is 6.04. The maximum atomic E-state index is 6.24. The van der Waals surface area contributed by atoms with E-state index in [4.69, 9.17) is 23.2 Å². The molecule has 1 N–H and O–H groups in total. The molecular formula is C12H15Cl2N. The van der Waals surface area contributed by atoms with E-state index in [-0.39, 0.29) is 5.41 Å². The van der Waals surface area contributed by atoms with Crippen LogP contribution in [0.15, 0.2) is 18.2 Å². The fourth-order valence-electron chi connectivity index (χ4n) is 2.27. The average Bonchev–Trinajstić information content (AvgIpc) is 2.18. The molecule has 1 aromatic rings. The third kappa shape index (κ3) is 2.30. The molecule has 0 aliphatic carbocycles. The molecular weight excluding hydrogens is 229 g/mol. The van der Waals surface area contributed by atoms with Gasteiger partial charge in [0.15, 0.2) is 0 Å². The molecule has 1 unspecified atom stereocenters. The molecule has 1 aromatic carbocycles. The van der Waals surface area contributed by atoms with Gasteiger partial charge in [-0.3, -0.25) is 0 Å². The summed E-state index contributed by atoms with van der Waals surface area (Å²) in [6.07, 6.45) is 2.39. The van der Waals surface area contributed by atoms with Crippen molar-refractivity contribution in [3.63, 3.8) is 0 Å². The minimum atomic E-state index is 0.153. The van der Waals surface area contributed by atoms with Crippen molar-refractivity contribution in [1.29, 1.82) is 0 Å². The fourth-order valence-corrected chi connectivity index (χ4v) is 2.90. The Balaban J connectivity index is 2.35. The first-order valence-electron chi connectivity index (χ1n) is 5.28. The van der Waals surface area contributed by atoms with Crippen LogP contribution in [0.3, 0.4) is 0 Å². The zero-order valence-electron chi connectivity index (χ0n) is 8.82. The van der Waals surface area contributed by atoms with E-state index in [1.54, 1.807) is 0 Å². The molecule has 0 spiro atoms. The van der Waals surface area contributed by atoms with Crippen molar-refractivity contribution in [2.75, 3.05) is 13.1 Å². The Kier molecular flexibility index (Phi) is 3.24. The fraction of sp³-hybridized carbons (Fsp3) is 0.500. The van der Waals surface area contributed by atoms with Gasteiger partial charge in [-0.25, -0.2) is 0 Å². The number of benzene rings is 1. The quantitative estimate of drug-likeness (QED) is 0.795. The molecule has 82 valence electrons.